The zero-order chi connectivity index (χ0) is 15.8. The molecule has 0 bridgehead atoms. The predicted octanol–water partition coefficient (Wildman–Crippen LogP) is 3.23. The van der Waals surface area contributed by atoms with E-state index in [1.54, 1.807) is 18.6 Å². The van der Waals surface area contributed by atoms with Crippen molar-refractivity contribution < 1.29 is 9.21 Å². The number of hydrogen-bond donors (Lipinski definition) is 0. The molecule has 1 fully saturated rings. The molecule has 5 nitrogen and oxygen atoms in total. The highest BCUT2D eigenvalue weighted by Gasteiger charge is 2.35. The largest absolute Gasteiger partial charge is 0.465 e. The first-order valence-electron chi connectivity index (χ1n) is 8.43. The number of rotatable bonds is 2. The topological polar surface area (TPSA) is 59.2 Å². The van der Waals surface area contributed by atoms with Crippen molar-refractivity contribution in [2.24, 2.45) is 0 Å². The summed E-state index contributed by atoms with van der Waals surface area (Å²) in [6.45, 7) is 2.69. The first kappa shape index (κ1) is 14.4. The molecule has 1 atom stereocenters. The van der Waals surface area contributed by atoms with Crippen LogP contribution in [0.5, 0.6) is 0 Å². The van der Waals surface area contributed by atoms with E-state index in [1.165, 1.54) is 0 Å². The molecule has 2 aromatic rings. The van der Waals surface area contributed by atoms with E-state index >= 15 is 0 Å². The molecular formula is C18H21N3O2. The number of aryl methyl sites for hydroxylation is 2. The van der Waals surface area contributed by atoms with E-state index in [2.05, 4.69) is 9.97 Å². The third-order valence-electron chi connectivity index (χ3n) is 5.00. The Kier molecular flexibility index (Phi) is 3.63. The molecule has 0 radical (unpaired) electrons. The lowest BCUT2D eigenvalue weighted by atomic mass is 9.94. The Labute approximate surface area is 135 Å². The van der Waals surface area contributed by atoms with Crippen LogP contribution in [-0.4, -0.2) is 27.3 Å². The van der Waals surface area contributed by atoms with Crippen molar-refractivity contribution in [1.29, 1.82) is 0 Å². The van der Waals surface area contributed by atoms with Gasteiger partial charge < -0.3 is 9.32 Å². The van der Waals surface area contributed by atoms with Crippen LogP contribution in [0.1, 0.15) is 64.9 Å². The van der Waals surface area contributed by atoms with Crippen LogP contribution in [0.2, 0.25) is 0 Å². The van der Waals surface area contributed by atoms with E-state index in [-0.39, 0.29) is 11.9 Å². The molecule has 0 spiro atoms. The second-order valence-electron chi connectivity index (χ2n) is 6.43. The smallest absolute Gasteiger partial charge is 0.258 e. The van der Waals surface area contributed by atoms with Crippen LogP contribution in [0.4, 0.5) is 0 Å². The summed E-state index contributed by atoms with van der Waals surface area (Å²) in [6.07, 6.45) is 11.3. The molecule has 2 aliphatic rings. The normalized spacial score (nSPS) is 20.6. The second-order valence-corrected chi connectivity index (χ2v) is 6.43. The molecule has 0 unspecified atom stereocenters. The molecule has 0 N–H and O–H groups in total. The lowest BCUT2D eigenvalue weighted by Crippen LogP contribution is -2.32. The van der Waals surface area contributed by atoms with Crippen LogP contribution in [0.25, 0.3) is 0 Å². The van der Waals surface area contributed by atoms with Crippen molar-refractivity contribution >= 4 is 5.91 Å². The van der Waals surface area contributed by atoms with Gasteiger partial charge in [-0.05, 0) is 39.0 Å². The Balaban J connectivity index is 1.68. The molecule has 0 saturated carbocycles. The Morgan fingerprint density at radius 3 is 2.96 bits per heavy atom. The summed E-state index contributed by atoms with van der Waals surface area (Å²) in [4.78, 5) is 23.7. The minimum atomic E-state index is 0.0322. The van der Waals surface area contributed by atoms with E-state index < -0.39 is 0 Å². The number of carbonyl (C=O) groups is 1. The molecule has 3 heterocycles. The molecule has 120 valence electrons. The predicted molar refractivity (Wildman–Crippen MR) is 85.1 cm³/mol. The summed E-state index contributed by atoms with van der Waals surface area (Å²) in [5, 5.41) is 0. The summed E-state index contributed by atoms with van der Waals surface area (Å²) in [5.74, 6) is 1.89. The summed E-state index contributed by atoms with van der Waals surface area (Å²) in [5.41, 5.74) is 2.83. The van der Waals surface area contributed by atoms with Gasteiger partial charge >= 0.3 is 0 Å². The average molecular weight is 311 g/mol. The number of nitrogens with zero attached hydrogens (tertiary/aromatic N) is 3. The maximum atomic E-state index is 13.2. The Morgan fingerprint density at radius 1 is 1.26 bits per heavy atom. The van der Waals surface area contributed by atoms with E-state index in [0.717, 1.165) is 73.4 Å². The van der Waals surface area contributed by atoms with Gasteiger partial charge in [0.05, 0.1) is 23.5 Å². The zero-order valence-corrected chi connectivity index (χ0v) is 13.4. The molecule has 1 aliphatic carbocycles. The highest BCUT2D eigenvalue weighted by atomic mass is 16.3. The van der Waals surface area contributed by atoms with Crippen molar-refractivity contribution in [2.45, 2.75) is 51.5 Å². The number of aromatic nitrogens is 2. The number of hydrogen-bond acceptors (Lipinski definition) is 4. The standard InChI is InChI=1S/C18H21N3O2/c1-12-17(13-5-2-3-7-16(13)23-12)18(22)21-10-4-6-15(21)14-11-19-8-9-20-14/h8-9,11,15H,2-7,10H2,1H3/t15-/m1/s1. The van der Waals surface area contributed by atoms with Gasteiger partial charge in [-0.1, -0.05) is 0 Å². The van der Waals surface area contributed by atoms with Crippen LogP contribution >= 0.6 is 0 Å². The molecule has 23 heavy (non-hydrogen) atoms. The third-order valence-corrected chi connectivity index (χ3v) is 5.00. The fraction of sp³-hybridized carbons (Fsp3) is 0.500. The number of furan rings is 1. The van der Waals surface area contributed by atoms with Crippen LogP contribution in [-0.2, 0) is 12.8 Å². The van der Waals surface area contributed by atoms with Gasteiger partial charge in [-0.15, -0.1) is 0 Å². The molecule has 1 saturated heterocycles. The molecule has 1 aliphatic heterocycles. The Bertz CT molecular complexity index is 723. The van der Waals surface area contributed by atoms with Crippen molar-refractivity contribution in [1.82, 2.24) is 14.9 Å². The van der Waals surface area contributed by atoms with Crippen molar-refractivity contribution in [3.8, 4) is 0 Å². The molecule has 5 heteroatoms. The fourth-order valence-electron chi connectivity index (χ4n) is 3.93. The number of carbonyl (C=O) groups excluding carboxylic acids is 1. The van der Waals surface area contributed by atoms with Gasteiger partial charge in [0.2, 0.25) is 0 Å². The van der Waals surface area contributed by atoms with Gasteiger partial charge in [0.1, 0.15) is 11.5 Å². The van der Waals surface area contributed by atoms with E-state index in [4.69, 9.17) is 4.42 Å². The van der Waals surface area contributed by atoms with Gasteiger partial charge in [0.25, 0.3) is 5.91 Å². The first-order chi connectivity index (χ1) is 11.3. The SMILES string of the molecule is Cc1oc2c(c1C(=O)N1CCC[C@@H]1c1cnccn1)CCCC2. The maximum Gasteiger partial charge on any atom is 0.258 e. The average Bonchev–Trinajstić information content (AvgIpc) is 3.18. The fourth-order valence-corrected chi connectivity index (χ4v) is 3.93. The van der Waals surface area contributed by atoms with E-state index in [1.807, 2.05) is 11.8 Å². The number of likely N-dealkylation sites (tertiary alicyclic amines) is 1. The van der Waals surface area contributed by atoms with Gasteiger partial charge in [0.15, 0.2) is 0 Å². The highest BCUT2D eigenvalue weighted by molar-refractivity contribution is 5.97. The Morgan fingerprint density at radius 2 is 2.13 bits per heavy atom. The van der Waals surface area contributed by atoms with Gasteiger partial charge in [-0.2, -0.15) is 0 Å². The summed E-state index contributed by atoms with van der Waals surface area (Å²) < 4.78 is 5.88. The monoisotopic (exact) mass is 311 g/mol. The van der Waals surface area contributed by atoms with Crippen LogP contribution in [0, 0.1) is 6.92 Å². The molecular weight excluding hydrogens is 290 g/mol. The molecule has 2 aromatic heterocycles. The summed E-state index contributed by atoms with van der Waals surface area (Å²) in [7, 11) is 0. The summed E-state index contributed by atoms with van der Waals surface area (Å²) >= 11 is 0. The van der Waals surface area contributed by atoms with Gasteiger partial charge in [-0.3, -0.25) is 14.8 Å². The number of fused-ring (bicyclic) bond motifs is 1. The van der Waals surface area contributed by atoms with Crippen molar-refractivity contribution in [3.05, 3.63) is 46.9 Å². The first-order valence-corrected chi connectivity index (χ1v) is 8.43. The maximum absolute atomic E-state index is 13.2. The van der Waals surface area contributed by atoms with Crippen LogP contribution in [0.3, 0.4) is 0 Å². The highest BCUT2D eigenvalue weighted by Crippen LogP contribution is 2.35. The minimum Gasteiger partial charge on any atom is -0.465 e. The molecule has 1 amide bonds. The molecule has 0 aromatic carbocycles. The van der Waals surface area contributed by atoms with Gasteiger partial charge in [0, 0.05) is 30.9 Å². The Hall–Kier alpha value is -2.17. The van der Waals surface area contributed by atoms with Crippen LogP contribution < -0.4 is 0 Å². The second kappa shape index (κ2) is 5.80. The van der Waals surface area contributed by atoms with Crippen molar-refractivity contribution in [2.75, 3.05) is 6.54 Å². The van der Waals surface area contributed by atoms with E-state index in [9.17, 15) is 4.79 Å². The summed E-state index contributed by atoms with van der Waals surface area (Å²) in [6, 6.07) is 0.0322. The minimum absolute atomic E-state index is 0.0322. The third kappa shape index (κ3) is 2.44. The zero-order valence-electron chi connectivity index (χ0n) is 13.4. The van der Waals surface area contributed by atoms with E-state index in [0.29, 0.717) is 0 Å². The quantitative estimate of drug-likeness (QED) is 0.854. The number of amides is 1. The molecule has 4 rings (SSSR count). The van der Waals surface area contributed by atoms with Gasteiger partial charge in [-0.25, -0.2) is 0 Å². The lowest BCUT2D eigenvalue weighted by Gasteiger charge is -2.24. The lowest BCUT2D eigenvalue weighted by molar-refractivity contribution is 0.0730. The van der Waals surface area contributed by atoms with Crippen LogP contribution in [0.15, 0.2) is 23.0 Å². The van der Waals surface area contributed by atoms with Crippen molar-refractivity contribution in [3.63, 3.8) is 0 Å².